The van der Waals surface area contributed by atoms with Crippen molar-refractivity contribution in [2.75, 3.05) is 7.11 Å². The van der Waals surface area contributed by atoms with Gasteiger partial charge in [0.25, 0.3) is 0 Å². The quantitative estimate of drug-likeness (QED) is 0.893. The summed E-state index contributed by atoms with van der Waals surface area (Å²) in [5.41, 5.74) is -0.212. The van der Waals surface area contributed by atoms with E-state index in [0.29, 0.717) is 0 Å². The molecule has 0 saturated heterocycles. The minimum Gasteiger partial charge on any atom is -0.497 e. The van der Waals surface area contributed by atoms with Crippen LogP contribution >= 0.6 is 0 Å². The maximum Gasteiger partial charge on any atom is 0.135 e. The molecule has 0 amide bonds. The fraction of sp³-hybridized carbons (Fsp3) is 0.625. The standard InChI is InChI=1S/C16H22F2O2/c1-20-12-9-13(17)15(14(18)10-12)16(19)11-7-5-3-2-4-6-8-11/h9-11,16,19H,2-8H2,1H3. The Morgan fingerprint density at radius 3 is 2.05 bits per heavy atom. The van der Waals surface area contributed by atoms with Crippen molar-refractivity contribution in [2.24, 2.45) is 5.92 Å². The molecular formula is C16H22F2O2. The third-order valence-electron chi connectivity index (χ3n) is 4.18. The molecule has 1 aromatic carbocycles. The van der Waals surface area contributed by atoms with Gasteiger partial charge in [-0.1, -0.05) is 32.1 Å². The first-order valence-corrected chi connectivity index (χ1v) is 7.34. The van der Waals surface area contributed by atoms with Crippen LogP contribution in [0.15, 0.2) is 12.1 Å². The fourth-order valence-electron chi connectivity index (χ4n) is 3.00. The van der Waals surface area contributed by atoms with Gasteiger partial charge in [-0.15, -0.1) is 0 Å². The molecule has 0 aromatic heterocycles. The molecule has 0 heterocycles. The van der Waals surface area contributed by atoms with Crippen LogP contribution in [0.1, 0.15) is 56.6 Å². The molecule has 4 heteroatoms. The number of hydrogen-bond donors (Lipinski definition) is 1. The van der Waals surface area contributed by atoms with E-state index in [1.807, 2.05) is 0 Å². The van der Waals surface area contributed by atoms with Gasteiger partial charge in [-0.2, -0.15) is 0 Å². The molecule has 0 radical (unpaired) electrons. The molecule has 1 aliphatic carbocycles. The fourth-order valence-corrected chi connectivity index (χ4v) is 3.00. The van der Waals surface area contributed by atoms with E-state index in [-0.39, 0.29) is 17.2 Å². The van der Waals surface area contributed by atoms with Crippen LogP contribution in [-0.2, 0) is 0 Å². The largest absolute Gasteiger partial charge is 0.497 e. The number of ether oxygens (including phenoxy) is 1. The number of rotatable bonds is 3. The molecule has 1 N–H and O–H groups in total. The third kappa shape index (κ3) is 3.48. The Morgan fingerprint density at radius 1 is 1.05 bits per heavy atom. The molecule has 1 aliphatic rings. The molecule has 1 atom stereocenters. The Labute approximate surface area is 118 Å². The normalized spacial score (nSPS) is 19.2. The third-order valence-corrected chi connectivity index (χ3v) is 4.18. The van der Waals surface area contributed by atoms with Gasteiger partial charge in [0, 0.05) is 12.1 Å². The van der Waals surface area contributed by atoms with Crippen molar-refractivity contribution in [3.8, 4) is 5.75 Å². The topological polar surface area (TPSA) is 29.5 Å². The molecule has 0 spiro atoms. The van der Waals surface area contributed by atoms with E-state index in [0.717, 1.165) is 50.7 Å². The lowest BCUT2D eigenvalue weighted by Gasteiger charge is -2.25. The molecular weight excluding hydrogens is 262 g/mol. The highest BCUT2D eigenvalue weighted by Crippen LogP contribution is 2.36. The second kappa shape index (κ2) is 7.02. The average Bonchev–Trinajstić information content (AvgIpc) is 2.37. The smallest absolute Gasteiger partial charge is 0.135 e. The molecule has 2 nitrogen and oxygen atoms in total. The van der Waals surface area contributed by atoms with Crippen LogP contribution in [0.4, 0.5) is 8.78 Å². The Balaban J connectivity index is 2.20. The van der Waals surface area contributed by atoms with Gasteiger partial charge in [-0.05, 0) is 18.8 Å². The van der Waals surface area contributed by atoms with E-state index < -0.39 is 17.7 Å². The Bertz CT molecular complexity index is 417. The average molecular weight is 284 g/mol. The van der Waals surface area contributed by atoms with Crippen LogP contribution in [0.3, 0.4) is 0 Å². The van der Waals surface area contributed by atoms with Crippen LogP contribution < -0.4 is 4.74 Å². The van der Waals surface area contributed by atoms with Gasteiger partial charge in [0.05, 0.1) is 18.8 Å². The summed E-state index contributed by atoms with van der Waals surface area (Å²) >= 11 is 0. The number of aliphatic hydroxyl groups is 1. The SMILES string of the molecule is COc1cc(F)c(C(O)C2CCCCCCC2)c(F)c1. The van der Waals surface area contributed by atoms with Crippen LogP contribution in [0.2, 0.25) is 0 Å². The zero-order valence-electron chi connectivity index (χ0n) is 11.9. The summed E-state index contributed by atoms with van der Waals surface area (Å²) in [7, 11) is 1.36. The minimum atomic E-state index is -1.07. The number of methoxy groups -OCH3 is 1. The molecule has 1 fully saturated rings. The number of halogens is 2. The maximum absolute atomic E-state index is 14.0. The number of aliphatic hydroxyl groups excluding tert-OH is 1. The molecule has 112 valence electrons. The second-order valence-corrected chi connectivity index (χ2v) is 5.55. The lowest BCUT2D eigenvalue weighted by Crippen LogP contribution is -2.17. The minimum absolute atomic E-state index is 0.0623. The van der Waals surface area contributed by atoms with Crippen LogP contribution in [-0.4, -0.2) is 12.2 Å². The van der Waals surface area contributed by atoms with Crippen molar-refractivity contribution in [3.63, 3.8) is 0 Å². The van der Waals surface area contributed by atoms with Gasteiger partial charge in [0.15, 0.2) is 0 Å². The number of hydrogen-bond acceptors (Lipinski definition) is 2. The highest BCUT2D eigenvalue weighted by Gasteiger charge is 2.27. The van der Waals surface area contributed by atoms with Crippen molar-refractivity contribution >= 4 is 0 Å². The summed E-state index contributed by atoms with van der Waals surface area (Å²) in [5.74, 6) is -1.38. The summed E-state index contributed by atoms with van der Waals surface area (Å²) in [6, 6.07) is 2.26. The summed E-state index contributed by atoms with van der Waals surface area (Å²) in [4.78, 5) is 0. The molecule has 1 saturated carbocycles. The van der Waals surface area contributed by atoms with Crippen molar-refractivity contribution in [1.29, 1.82) is 0 Å². The molecule has 0 bridgehead atoms. The monoisotopic (exact) mass is 284 g/mol. The van der Waals surface area contributed by atoms with E-state index in [4.69, 9.17) is 4.74 Å². The summed E-state index contributed by atoms with van der Waals surface area (Å²) < 4.78 is 32.8. The predicted octanol–water partition coefficient (Wildman–Crippen LogP) is 4.37. The van der Waals surface area contributed by atoms with Crippen molar-refractivity contribution in [2.45, 2.75) is 51.0 Å². The van der Waals surface area contributed by atoms with Gasteiger partial charge < -0.3 is 9.84 Å². The number of benzene rings is 1. The Kier molecular flexibility index (Phi) is 5.35. The van der Waals surface area contributed by atoms with Crippen LogP contribution in [0.25, 0.3) is 0 Å². The second-order valence-electron chi connectivity index (χ2n) is 5.55. The molecule has 1 unspecified atom stereocenters. The van der Waals surface area contributed by atoms with Crippen molar-refractivity contribution in [3.05, 3.63) is 29.3 Å². The Morgan fingerprint density at radius 2 is 1.55 bits per heavy atom. The van der Waals surface area contributed by atoms with E-state index in [1.54, 1.807) is 0 Å². The first-order valence-electron chi connectivity index (χ1n) is 7.34. The summed E-state index contributed by atoms with van der Waals surface area (Å²) in [6.45, 7) is 0. The van der Waals surface area contributed by atoms with E-state index in [1.165, 1.54) is 13.5 Å². The van der Waals surface area contributed by atoms with Gasteiger partial charge in [0.2, 0.25) is 0 Å². The summed E-state index contributed by atoms with van der Waals surface area (Å²) in [5, 5.41) is 10.4. The van der Waals surface area contributed by atoms with Gasteiger partial charge in [0.1, 0.15) is 17.4 Å². The summed E-state index contributed by atoms with van der Waals surface area (Å²) in [6.07, 6.45) is 6.10. The van der Waals surface area contributed by atoms with Crippen molar-refractivity contribution < 1.29 is 18.6 Å². The lowest BCUT2D eigenvalue weighted by molar-refractivity contribution is 0.0842. The van der Waals surface area contributed by atoms with E-state index in [9.17, 15) is 13.9 Å². The zero-order chi connectivity index (χ0) is 14.5. The molecule has 20 heavy (non-hydrogen) atoms. The van der Waals surface area contributed by atoms with E-state index >= 15 is 0 Å². The molecule has 2 rings (SSSR count). The molecule has 0 aliphatic heterocycles. The highest BCUT2D eigenvalue weighted by atomic mass is 19.1. The highest BCUT2D eigenvalue weighted by molar-refractivity contribution is 5.32. The van der Waals surface area contributed by atoms with Gasteiger partial charge in [-0.25, -0.2) is 8.78 Å². The zero-order valence-corrected chi connectivity index (χ0v) is 11.9. The van der Waals surface area contributed by atoms with Gasteiger partial charge >= 0.3 is 0 Å². The maximum atomic E-state index is 14.0. The predicted molar refractivity (Wildman–Crippen MR) is 73.7 cm³/mol. The van der Waals surface area contributed by atoms with Gasteiger partial charge in [-0.3, -0.25) is 0 Å². The Hall–Kier alpha value is -1.16. The van der Waals surface area contributed by atoms with Crippen LogP contribution in [0.5, 0.6) is 5.75 Å². The van der Waals surface area contributed by atoms with Crippen molar-refractivity contribution in [1.82, 2.24) is 0 Å². The first kappa shape index (κ1) is 15.2. The van der Waals surface area contributed by atoms with Crippen LogP contribution in [0, 0.1) is 17.6 Å². The first-order chi connectivity index (χ1) is 9.63. The van der Waals surface area contributed by atoms with E-state index in [2.05, 4.69) is 0 Å². The molecule has 1 aromatic rings. The lowest BCUT2D eigenvalue weighted by atomic mass is 9.84.